The van der Waals surface area contributed by atoms with Crippen LogP contribution < -0.4 is 5.32 Å². The van der Waals surface area contributed by atoms with E-state index in [0.29, 0.717) is 5.95 Å². The molecule has 7 nitrogen and oxygen atoms in total. The lowest BCUT2D eigenvalue weighted by molar-refractivity contribution is 0.768. The zero-order chi connectivity index (χ0) is 17.7. The Bertz CT molecular complexity index is 1170. The Hall–Kier alpha value is -3.48. The van der Waals surface area contributed by atoms with Crippen molar-refractivity contribution in [1.82, 2.24) is 29.4 Å². The summed E-state index contributed by atoms with van der Waals surface area (Å²) in [5.41, 5.74) is 7.64. The van der Waals surface area contributed by atoms with Gasteiger partial charge in [0, 0.05) is 55.8 Å². The molecule has 26 heavy (non-hydrogen) atoms. The highest BCUT2D eigenvalue weighted by Gasteiger charge is 2.19. The van der Waals surface area contributed by atoms with Gasteiger partial charge in [-0.3, -0.25) is 4.68 Å². The van der Waals surface area contributed by atoms with Gasteiger partial charge in [0.1, 0.15) is 0 Å². The van der Waals surface area contributed by atoms with Crippen LogP contribution in [0.15, 0.2) is 49.2 Å². The number of hydrogen-bond acceptors (Lipinski definition) is 5. The summed E-state index contributed by atoms with van der Waals surface area (Å²) in [4.78, 5) is 8.94. The summed E-state index contributed by atoms with van der Waals surface area (Å²) in [6.45, 7) is 0. The molecule has 0 atom stereocenters. The molecule has 128 valence electrons. The highest BCUT2D eigenvalue weighted by Crippen LogP contribution is 2.33. The number of anilines is 1. The first-order valence-corrected chi connectivity index (χ1v) is 8.44. The number of aromatic nitrogens is 6. The van der Waals surface area contributed by atoms with Gasteiger partial charge in [-0.05, 0) is 23.3 Å². The van der Waals surface area contributed by atoms with Crippen LogP contribution in [0.4, 0.5) is 5.95 Å². The predicted octanol–water partition coefficient (Wildman–Crippen LogP) is 2.55. The second-order valence-electron chi connectivity index (χ2n) is 6.33. The van der Waals surface area contributed by atoms with Crippen LogP contribution in [-0.2, 0) is 13.5 Å². The fraction of sp³-hybridized carbons (Fsp3) is 0.158. The summed E-state index contributed by atoms with van der Waals surface area (Å²) < 4.78 is 3.69. The van der Waals surface area contributed by atoms with E-state index in [9.17, 15) is 0 Å². The predicted molar refractivity (Wildman–Crippen MR) is 99.8 cm³/mol. The molecule has 0 aromatic carbocycles. The summed E-state index contributed by atoms with van der Waals surface area (Å²) >= 11 is 0. The Morgan fingerprint density at radius 2 is 2.00 bits per heavy atom. The van der Waals surface area contributed by atoms with Gasteiger partial charge in [0.2, 0.25) is 5.95 Å². The van der Waals surface area contributed by atoms with Gasteiger partial charge < -0.3 is 5.32 Å². The van der Waals surface area contributed by atoms with Crippen LogP contribution >= 0.6 is 0 Å². The Labute approximate surface area is 150 Å². The maximum atomic E-state index is 4.56. The molecule has 1 aliphatic carbocycles. The first kappa shape index (κ1) is 14.8. The third-order valence-corrected chi connectivity index (χ3v) is 4.73. The minimum atomic E-state index is 0.656. The van der Waals surface area contributed by atoms with Gasteiger partial charge >= 0.3 is 0 Å². The molecule has 0 unspecified atom stereocenters. The second kappa shape index (κ2) is 5.52. The molecule has 4 aromatic heterocycles. The molecule has 0 fully saturated rings. The first-order valence-electron chi connectivity index (χ1n) is 8.44. The highest BCUT2D eigenvalue weighted by molar-refractivity contribution is 5.88. The molecule has 4 aromatic rings. The molecule has 0 aliphatic heterocycles. The van der Waals surface area contributed by atoms with Crippen molar-refractivity contribution in [1.29, 1.82) is 0 Å². The summed E-state index contributed by atoms with van der Waals surface area (Å²) in [7, 11) is 3.75. The van der Waals surface area contributed by atoms with Crippen molar-refractivity contribution in [3.05, 3.63) is 66.0 Å². The summed E-state index contributed by atoms with van der Waals surface area (Å²) in [5, 5.41) is 11.7. The molecule has 0 amide bonds. The minimum absolute atomic E-state index is 0.656. The molecular weight excluding hydrogens is 326 g/mol. The molecule has 4 heterocycles. The topological polar surface area (TPSA) is 72.9 Å². The third kappa shape index (κ3) is 2.21. The van der Waals surface area contributed by atoms with Crippen molar-refractivity contribution in [2.75, 3.05) is 12.4 Å². The smallest absolute Gasteiger partial charge is 0.222 e. The summed E-state index contributed by atoms with van der Waals surface area (Å²) in [5.74, 6) is 0.656. The van der Waals surface area contributed by atoms with Crippen LogP contribution in [-0.4, -0.2) is 36.4 Å². The number of allylic oxidation sites excluding steroid dienone is 1. The van der Waals surface area contributed by atoms with E-state index in [2.05, 4.69) is 43.7 Å². The van der Waals surface area contributed by atoms with E-state index in [0.717, 1.165) is 39.9 Å². The number of hydrogen-bond donors (Lipinski definition) is 1. The molecule has 1 N–H and O–H groups in total. The van der Waals surface area contributed by atoms with Crippen LogP contribution in [0.25, 0.3) is 22.2 Å². The normalized spacial score (nSPS) is 13.1. The van der Waals surface area contributed by atoms with Crippen LogP contribution in [0, 0.1) is 0 Å². The third-order valence-electron chi connectivity index (χ3n) is 4.73. The molecule has 0 bridgehead atoms. The van der Waals surface area contributed by atoms with Crippen LogP contribution in [0.3, 0.4) is 0 Å². The number of aryl methyl sites for hydroxylation is 1. The lowest BCUT2D eigenvalue weighted by Crippen LogP contribution is -2.00. The fourth-order valence-corrected chi connectivity index (χ4v) is 3.43. The largest absolute Gasteiger partial charge is 0.357 e. The van der Waals surface area contributed by atoms with E-state index in [1.54, 1.807) is 4.68 Å². The SMILES string of the molecule is CNc1ncc2c(n1)CC=C2c1ccn2ncc(-c3cnn(C)c3)c2c1. The van der Waals surface area contributed by atoms with Crippen LogP contribution in [0.2, 0.25) is 0 Å². The number of fused-ring (bicyclic) bond motifs is 2. The average molecular weight is 343 g/mol. The average Bonchev–Trinajstić information content (AvgIpc) is 3.37. The Kier molecular flexibility index (Phi) is 3.15. The van der Waals surface area contributed by atoms with Crippen molar-refractivity contribution in [3.8, 4) is 11.1 Å². The van der Waals surface area contributed by atoms with Gasteiger partial charge in [-0.25, -0.2) is 14.5 Å². The molecular formula is C19H17N7. The second-order valence-corrected chi connectivity index (χ2v) is 6.33. The quantitative estimate of drug-likeness (QED) is 0.619. The maximum absolute atomic E-state index is 4.56. The number of nitrogens with one attached hydrogen (secondary N) is 1. The molecule has 5 rings (SSSR count). The van der Waals surface area contributed by atoms with E-state index in [4.69, 9.17) is 0 Å². The van der Waals surface area contributed by atoms with Gasteiger partial charge in [0.25, 0.3) is 0 Å². The number of nitrogens with zero attached hydrogens (tertiary/aromatic N) is 6. The van der Waals surface area contributed by atoms with E-state index >= 15 is 0 Å². The number of pyridine rings is 1. The lowest BCUT2D eigenvalue weighted by Gasteiger charge is -2.08. The van der Waals surface area contributed by atoms with Crippen molar-refractivity contribution >= 4 is 17.0 Å². The Morgan fingerprint density at radius 1 is 1.08 bits per heavy atom. The molecule has 0 saturated heterocycles. The van der Waals surface area contributed by atoms with E-state index in [-0.39, 0.29) is 0 Å². The lowest BCUT2D eigenvalue weighted by atomic mass is 10.0. The minimum Gasteiger partial charge on any atom is -0.357 e. The molecule has 7 heteroatoms. The summed E-state index contributed by atoms with van der Waals surface area (Å²) in [6.07, 6.45) is 12.7. The monoisotopic (exact) mass is 343 g/mol. The Balaban J connectivity index is 1.61. The van der Waals surface area contributed by atoms with Crippen molar-refractivity contribution in [2.24, 2.45) is 7.05 Å². The molecule has 0 saturated carbocycles. The Morgan fingerprint density at radius 3 is 2.81 bits per heavy atom. The highest BCUT2D eigenvalue weighted by atomic mass is 15.2. The van der Waals surface area contributed by atoms with Crippen LogP contribution in [0.1, 0.15) is 16.8 Å². The molecule has 0 spiro atoms. The van der Waals surface area contributed by atoms with E-state index in [1.165, 1.54) is 5.57 Å². The first-order chi connectivity index (χ1) is 12.7. The van der Waals surface area contributed by atoms with Gasteiger partial charge in [-0.2, -0.15) is 10.2 Å². The van der Waals surface area contributed by atoms with Crippen molar-refractivity contribution in [3.63, 3.8) is 0 Å². The number of rotatable bonds is 3. The van der Waals surface area contributed by atoms with Gasteiger partial charge in [-0.1, -0.05) is 6.08 Å². The van der Waals surface area contributed by atoms with E-state index < -0.39 is 0 Å². The van der Waals surface area contributed by atoms with Crippen LogP contribution in [0.5, 0.6) is 0 Å². The molecule has 1 aliphatic rings. The van der Waals surface area contributed by atoms with Crippen molar-refractivity contribution < 1.29 is 0 Å². The molecule has 0 radical (unpaired) electrons. The van der Waals surface area contributed by atoms with Gasteiger partial charge in [0.15, 0.2) is 0 Å². The van der Waals surface area contributed by atoms with E-state index in [1.807, 2.05) is 49.6 Å². The standard InChI is InChI=1S/C19H17N7/c1-20-19-21-9-16-14(3-4-17(16)24-19)12-5-6-26-18(7-12)15(10-23-26)13-8-22-25(2)11-13/h3,5-11H,4H2,1-2H3,(H,20,21,24). The zero-order valence-electron chi connectivity index (χ0n) is 14.5. The van der Waals surface area contributed by atoms with Gasteiger partial charge in [-0.15, -0.1) is 0 Å². The van der Waals surface area contributed by atoms with Crippen molar-refractivity contribution in [2.45, 2.75) is 6.42 Å². The summed E-state index contributed by atoms with van der Waals surface area (Å²) in [6, 6.07) is 4.25. The fourth-order valence-electron chi connectivity index (χ4n) is 3.43. The van der Waals surface area contributed by atoms with Gasteiger partial charge in [0.05, 0.1) is 23.6 Å². The maximum Gasteiger partial charge on any atom is 0.222 e. The zero-order valence-corrected chi connectivity index (χ0v) is 14.5.